The van der Waals surface area contributed by atoms with Crippen LogP contribution in [0.5, 0.6) is 0 Å². The van der Waals surface area contributed by atoms with Crippen LogP contribution in [0, 0.1) is 47.3 Å². The Morgan fingerprint density at radius 1 is 0.359 bits per heavy atom. The Morgan fingerprint density at radius 2 is 0.641 bits per heavy atom. The van der Waals surface area contributed by atoms with Gasteiger partial charge in [-0.25, -0.2) is 0 Å². The Labute approximate surface area is 420 Å². The van der Waals surface area contributed by atoms with Crippen molar-refractivity contribution >= 4 is 80.9 Å². The molecule has 2 aliphatic rings. The molecular formula is C58H90S6. The molecule has 0 bridgehead atoms. The van der Waals surface area contributed by atoms with Crippen LogP contribution < -0.4 is 0 Å². The first-order chi connectivity index (χ1) is 30.7. The molecule has 4 unspecified atom stereocenters. The van der Waals surface area contributed by atoms with E-state index in [9.17, 15) is 0 Å². The number of benzene rings is 1. The second kappa shape index (κ2) is 28.2. The molecule has 0 saturated heterocycles. The van der Waals surface area contributed by atoms with Gasteiger partial charge >= 0.3 is 0 Å². The largest absolute Gasteiger partial charge is 0.143 e. The zero-order chi connectivity index (χ0) is 46.2. The summed E-state index contributed by atoms with van der Waals surface area (Å²) in [5.41, 5.74) is 12.0. The van der Waals surface area contributed by atoms with E-state index in [0.29, 0.717) is 0 Å². The van der Waals surface area contributed by atoms with Gasteiger partial charge in [0, 0.05) is 51.6 Å². The SMILES string of the molecule is CC(C)CCCC(C)CCSC(SCCC(C)CCCC(C)C)=C1c2cc3c(cc2-c2sccc21)C(=C(SCCC(C)CCCC(C)C)SCCC(C)CCCC(C)C)c1ccsc1-3. The van der Waals surface area contributed by atoms with Gasteiger partial charge in [0.25, 0.3) is 0 Å². The second-order valence-electron chi connectivity index (χ2n) is 21.9. The smallest absolute Gasteiger partial charge is 0.0486 e. The number of rotatable bonds is 32. The summed E-state index contributed by atoms with van der Waals surface area (Å²) in [6.45, 7) is 29.0. The molecular weight excluding hydrogens is 889 g/mol. The molecule has 0 aliphatic heterocycles. The molecule has 0 N–H and O–H groups in total. The molecule has 6 heteroatoms. The van der Waals surface area contributed by atoms with Crippen molar-refractivity contribution in [3.05, 3.63) is 65.8 Å². The fourth-order valence-corrected chi connectivity index (χ4v) is 17.2. The van der Waals surface area contributed by atoms with Crippen LogP contribution in [0.2, 0.25) is 0 Å². The van der Waals surface area contributed by atoms with Crippen molar-refractivity contribution in [3.63, 3.8) is 0 Å². The summed E-state index contributed by atoms with van der Waals surface area (Å²) < 4.78 is 3.17. The number of hydrogen-bond acceptors (Lipinski definition) is 6. The molecule has 0 nitrogen and oxygen atoms in total. The highest BCUT2D eigenvalue weighted by atomic mass is 32.2. The van der Waals surface area contributed by atoms with Gasteiger partial charge in [0.05, 0.1) is 0 Å². The van der Waals surface area contributed by atoms with Crippen LogP contribution in [0.15, 0.2) is 43.5 Å². The molecule has 0 saturated carbocycles. The maximum Gasteiger partial charge on any atom is 0.0486 e. The predicted octanol–water partition coefficient (Wildman–Crippen LogP) is 21.5. The van der Waals surface area contributed by atoms with E-state index < -0.39 is 0 Å². The lowest BCUT2D eigenvalue weighted by atomic mass is 9.98. The summed E-state index contributed by atoms with van der Waals surface area (Å²) >= 11 is 12.7. The first-order valence-electron chi connectivity index (χ1n) is 26.1. The topological polar surface area (TPSA) is 0 Å². The molecule has 2 aliphatic carbocycles. The highest BCUT2D eigenvalue weighted by Crippen LogP contribution is 2.59. The Bertz CT molecular complexity index is 1690. The van der Waals surface area contributed by atoms with Gasteiger partial charge in [-0.05, 0) is 142 Å². The number of hydrogen-bond donors (Lipinski definition) is 0. The average molecular weight is 980 g/mol. The third-order valence-corrected chi connectivity index (χ3v) is 20.7. The predicted molar refractivity (Wildman–Crippen MR) is 305 cm³/mol. The van der Waals surface area contributed by atoms with Crippen LogP contribution in [0.3, 0.4) is 0 Å². The van der Waals surface area contributed by atoms with E-state index in [4.69, 9.17) is 0 Å². The van der Waals surface area contributed by atoms with Crippen LogP contribution in [0.1, 0.15) is 208 Å². The Kier molecular flexibility index (Phi) is 24.0. The van der Waals surface area contributed by atoms with E-state index in [1.54, 1.807) is 19.6 Å². The zero-order valence-corrected chi connectivity index (χ0v) is 47.6. The maximum atomic E-state index is 2.67. The summed E-state index contributed by atoms with van der Waals surface area (Å²) in [6, 6.07) is 10.2. The van der Waals surface area contributed by atoms with E-state index in [0.717, 1.165) is 47.3 Å². The zero-order valence-electron chi connectivity index (χ0n) is 42.7. The second-order valence-corrected chi connectivity index (χ2v) is 28.6. The molecule has 0 fully saturated rings. The number of fused-ring (bicyclic) bond motifs is 6. The first kappa shape index (κ1) is 54.4. The molecule has 4 atom stereocenters. The quantitative estimate of drug-likeness (QED) is 0.0421. The Morgan fingerprint density at radius 3 is 0.906 bits per heavy atom. The maximum absolute atomic E-state index is 2.67. The van der Waals surface area contributed by atoms with Crippen molar-refractivity contribution in [1.29, 1.82) is 0 Å². The van der Waals surface area contributed by atoms with Crippen molar-refractivity contribution < 1.29 is 0 Å². The van der Waals surface area contributed by atoms with Crippen molar-refractivity contribution in [1.82, 2.24) is 0 Å². The van der Waals surface area contributed by atoms with Gasteiger partial charge in [-0.15, -0.1) is 69.7 Å². The fourth-order valence-electron chi connectivity index (χ4n) is 9.41. The molecule has 64 heavy (non-hydrogen) atoms. The lowest BCUT2D eigenvalue weighted by Crippen LogP contribution is -2.00. The molecule has 5 rings (SSSR count). The minimum absolute atomic E-state index is 0.785. The van der Waals surface area contributed by atoms with E-state index in [2.05, 4.69) is 165 Å². The van der Waals surface area contributed by atoms with Crippen LogP contribution in [0.25, 0.3) is 32.0 Å². The van der Waals surface area contributed by atoms with Gasteiger partial charge in [0.1, 0.15) is 0 Å². The highest BCUT2D eigenvalue weighted by Gasteiger charge is 2.35. The minimum atomic E-state index is 0.785. The van der Waals surface area contributed by atoms with E-state index in [1.807, 2.05) is 22.7 Å². The molecule has 0 radical (unpaired) electrons. The van der Waals surface area contributed by atoms with Crippen LogP contribution >= 0.6 is 69.7 Å². The standard InChI is InChI=1S/C58H90S6/c1-39(2)17-13-21-43(9)25-31-61-57(62-32-26-44(10)22-14-18-40(3)4)53-47-29-35-59-55(47)51-38-50-52(37-49(51)53)56-48(30-36-60-56)54(50)58(63-33-27-45(11)23-15-19-41(5)6)64-34-28-46(12)24-16-20-42(7)8/h29-30,35-46H,13-28,31-34H2,1-12H3. The molecule has 2 aromatic heterocycles. The molecule has 0 amide bonds. The molecule has 1 aromatic carbocycles. The summed E-state index contributed by atoms with van der Waals surface area (Å²) in [4.78, 5) is 3.00. The lowest BCUT2D eigenvalue weighted by Gasteiger charge is -2.18. The summed E-state index contributed by atoms with van der Waals surface area (Å²) in [5, 5.41) is 4.74. The van der Waals surface area contributed by atoms with Gasteiger partial charge in [-0.2, -0.15) is 0 Å². The number of thiophene rings is 2. The fraction of sp³-hybridized carbons (Fsp3) is 0.690. The monoisotopic (exact) mass is 979 g/mol. The van der Waals surface area contributed by atoms with Crippen molar-refractivity contribution in [2.24, 2.45) is 47.3 Å². The highest BCUT2D eigenvalue weighted by molar-refractivity contribution is 8.22. The Balaban J connectivity index is 1.47. The van der Waals surface area contributed by atoms with Crippen LogP contribution in [-0.2, 0) is 0 Å². The normalized spacial score (nSPS) is 15.1. The molecule has 2 heterocycles. The van der Waals surface area contributed by atoms with Crippen molar-refractivity contribution in [3.8, 4) is 20.9 Å². The minimum Gasteiger partial charge on any atom is -0.143 e. The van der Waals surface area contributed by atoms with Crippen LogP contribution in [0.4, 0.5) is 0 Å². The van der Waals surface area contributed by atoms with E-state index >= 15 is 0 Å². The van der Waals surface area contributed by atoms with Gasteiger partial charge in [0.2, 0.25) is 0 Å². The van der Waals surface area contributed by atoms with Gasteiger partial charge in [-0.1, -0.05) is 160 Å². The van der Waals surface area contributed by atoms with E-state index in [1.165, 1.54) is 169 Å². The third-order valence-electron chi connectivity index (χ3n) is 13.8. The first-order valence-corrected chi connectivity index (χ1v) is 31.8. The van der Waals surface area contributed by atoms with Crippen LogP contribution in [-0.4, -0.2) is 23.0 Å². The van der Waals surface area contributed by atoms with Gasteiger partial charge < -0.3 is 0 Å². The molecule has 3 aromatic rings. The third kappa shape index (κ3) is 16.9. The van der Waals surface area contributed by atoms with Crippen molar-refractivity contribution in [2.45, 2.75) is 186 Å². The Hall–Kier alpha value is -0.500. The molecule has 358 valence electrons. The average Bonchev–Trinajstić information content (AvgIpc) is 4.01. The number of thioether (sulfide) groups is 4. The molecule has 0 spiro atoms. The van der Waals surface area contributed by atoms with Gasteiger partial charge in [-0.3, -0.25) is 0 Å². The van der Waals surface area contributed by atoms with Crippen molar-refractivity contribution in [2.75, 3.05) is 23.0 Å². The summed E-state index contributed by atoms with van der Waals surface area (Å²) in [7, 11) is 0. The van der Waals surface area contributed by atoms with E-state index in [-0.39, 0.29) is 0 Å². The summed E-state index contributed by atoms with van der Waals surface area (Å²) in [6.07, 6.45) is 21.6. The summed E-state index contributed by atoms with van der Waals surface area (Å²) in [5.74, 6) is 11.2. The van der Waals surface area contributed by atoms with Gasteiger partial charge in [0.15, 0.2) is 0 Å². The lowest BCUT2D eigenvalue weighted by molar-refractivity contribution is 0.451.